The Hall–Kier alpha value is -1.07. The average Bonchev–Trinajstić information content (AvgIpc) is 2.56. The molecule has 2 aromatic rings. The molecule has 3 atom stereocenters. The second-order valence-electron chi connectivity index (χ2n) is 7.63. The molecule has 0 spiro atoms. The standard InChI is InChI=1S/C21H24INO/c1-14-20-11-15-7-8-17(24)12-18(15)21(14,2)9-10-23(20)13-16-5-3-4-6-19(16)22/h3-8,12,14,20,24H,9-11,13H2,1-2H3/t14-,20+,21+/m1/s1. The Labute approximate surface area is 158 Å². The van der Waals surface area contributed by atoms with Crippen LogP contribution in [0.25, 0.3) is 0 Å². The van der Waals surface area contributed by atoms with Crippen molar-refractivity contribution in [2.75, 3.05) is 6.54 Å². The van der Waals surface area contributed by atoms with E-state index in [-0.39, 0.29) is 5.41 Å². The highest BCUT2D eigenvalue weighted by atomic mass is 127. The predicted molar refractivity (Wildman–Crippen MR) is 106 cm³/mol. The van der Waals surface area contributed by atoms with Gasteiger partial charge < -0.3 is 5.11 Å². The molecule has 0 unspecified atom stereocenters. The monoisotopic (exact) mass is 433 g/mol. The van der Waals surface area contributed by atoms with E-state index in [1.165, 1.54) is 20.3 Å². The van der Waals surface area contributed by atoms with Crippen molar-refractivity contribution in [3.05, 3.63) is 62.7 Å². The fourth-order valence-electron chi connectivity index (χ4n) is 4.74. The Kier molecular flexibility index (Phi) is 4.12. The molecule has 0 radical (unpaired) electrons. The third kappa shape index (κ3) is 2.57. The summed E-state index contributed by atoms with van der Waals surface area (Å²) in [4.78, 5) is 2.68. The molecule has 126 valence electrons. The van der Waals surface area contributed by atoms with Gasteiger partial charge in [-0.25, -0.2) is 0 Å². The number of phenols is 1. The van der Waals surface area contributed by atoms with Crippen LogP contribution in [0.5, 0.6) is 5.75 Å². The van der Waals surface area contributed by atoms with E-state index in [2.05, 4.69) is 71.7 Å². The first-order valence-electron chi connectivity index (χ1n) is 8.79. The molecule has 1 aliphatic heterocycles. The lowest BCUT2D eigenvalue weighted by atomic mass is 9.59. The van der Waals surface area contributed by atoms with Gasteiger partial charge in [0.05, 0.1) is 0 Å². The molecule has 4 rings (SSSR count). The van der Waals surface area contributed by atoms with Crippen LogP contribution in [-0.4, -0.2) is 22.6 Å². The lowest BCUT2D eigenvalue weighted by Gasteiger charge is -2.54. The fourth-order valence-corrected chi connectivity index (χ4v) is 5.30. The first-order chi connectivity index (χ1) is 11.5. The number of rotatable bonds is 2. The van der Waals surface area contributed by atoms with Crippen molar-refractivity contribution in [3.63, 3.8) is 0 Å². The summed E-state index contributed by atoms with van der Waals surface area (Å²) in [5.41, 5.74) is 4.41. The number of aromatic hydroxyl groups is 1. The maximum atomic E-state index is 9.95. The van der Waals surface area contributed by atoms with Crippen LogP contribution in [-0.2, 0) is 18.4 Å². The zero-order chi connectivity index (χ0) is 16.9. The van der Waals surface area contributed by atoms with Gasteiger partial charge in [0.1, 0.15) is 5.75 Å². The number of hydrogen-bond acceptors (Lipinski definition) is 2. The van der Waals surface area contributed by atoms with Crippen molar-refractivity contribution in [3.8, 4) is 5.75 Å². The molecule has 1 fully saturated rings. The van der Waals surface area contributed by atoms with Gasteiger partial charge in [0, 0.05) is 16.2 Å². The van der Waals surface area contributed by atoms with Gasteiger partial charge >= 0.3 is 0 Å². The highest BCUT2D eigenvalue weighted by Gasteiger charge is 2.48. The Bertz CT molecular complexity index is 774. The second-order valence-corrected chi connectivity index (χ2v) is 8.79. The van der Waals surface area contributed by atoms with Gasteiger partial charge in [-0.15, -0.1) is 0 Å². The largest absolute Gasteiger partial charge is 0.508 e. The van der Waals surface area contributed by atoms with E-state index in [0.29, 0.717) is 17.7 Å². The molecule has 0 amide bonds. The maximum Gasteiger partial charge on any atom is 0.115 e. The van der Waals surface area contributed by atoms with Crippen molar-refractivity contribution in [2.24, 2.45) is 5.92 Å². The number of likely N-dealkylation sites (tertiary alicyclic amines) is 1. The minimum atomic E-state index is 0.178. The summed E-state index contributed by atoms with van der Waals surface area (Å²) in [6.07, 6.45) is 2.25. The van der Waals surface area contributed by atoms with E-state index in [0.717, 1.165) is 25.9 Å². The summed E-state index contributed by atoms with van der Waals surface area (Å²) >= 11 is 2.45. The zero-order valence-corrected chi connectivity index (χ0v) is 16.5. The lowest BCUT2D eigenvalue weighted by molar-refractivity contribution is 0.0256. The number of halogens is 1. The van der Waals surface area contributed by atoms with Gasteiger partial charge in [-0.2, -0.15) is 0 Å². The quantitative estimate of drug-likeness (QED) is 0.693. The minimum absolute atomic E-state index is 0.178. The van der Waals surface area contributed by atoms with Crippen LogP contribution in [0, 0.1) is 9.49 Å². The SMILES string of the molecule is C[C@@H]1[C@@H]2Cc3ccc(O)cc3[C@@]1(C)CCN2Cc1ccccc1I. The molecular formula is C21H24INO. The number of fused-ring (bicyclic) bond motifs is 4. The molecule has 2 nitrogen and oxygen atoms in total. The van der Waals surface area contributed by atoms with Crippen molar-refractivity contribution in [1.29, 1.82) is 0 Å². The van der Waals surface area contributed by atoms with Crippen molar-refractivity contribution in [1.82, 2.24) is 4.90 Å². The first-order valence-corrected chi connectivity index (χ1v) is 9.87. The molecule has 1 saturated heterocycles. The highest BCUT2D eigenvalue weighted by molar-refractivity contribution is 14.1. The fraction of sp³-hybridized carbons (Fsp3) is 0.429. The molecule has 2 bridgehead atoms. The smallest absolute Gasteiger partial charge is 0.115 e. The Morgan fingerprint density at radius 1 is 1.25 bits per heavy atom. The van der Waals surface area contributed by atoms with Crippen LogP contribution in [0.3, 0.4) is 0 Å². The third-order valence-corrected chi connectivity index (χ3v) is 7.49. The molecule has 24 heavy (non-hydrogen) atoms. The van der Waals surface area contributed by atoms with Gasteiger partial charge in [-0.3, -0.25) is 4.90 Å². The summed E-state index contributed by atoms with van der Waals surface area (Å²) in [5.74, 6) is 1.00. The highest BCUT2D eigenvalue weighted by Crippen LogP contribution is 2.49. The number of benzene rings is 2. The molecule has 1 heterocycles. The van der Waals surface area contributed by atoms with E-state index >= 15 is 0 Å². The van der Waals surface area contributed by atoms with Crippen molar-refractivity contribution >= 4 is 22.6 Å². The van der Waals surface area contributed by atoms with Crippen LogP contribution in [0.1, 0.15) is 37.0 Å². The van der Waals surface area contributed by atoms with Crippen molar-refractivity contribution in [2.45, 2.75) is 44.7 Å². The van der Waals surface area contributed by atoms with E-state index in [1.807, 2.05) is 12.1 Å². The van der Waals surface area contributed by atoms with Crippen LogP contribution in [0.15, 0.2) is 42.5 Å². The molecule has 3 heteroatoms. The Morgan fingerprint density at radius 2 is 2.04 bits per heavy atom. The number of phenolic OH excluding ortho intramolecular Hbond substituents is 1. The first kappa shape index (κ1) is 16.4. The van der Waals surface area contributed by atoms with Gasteiger partial charge in [0.15, 0.2) is 0 Å². The van der Waals surface area contributed by atoms with Crippen molar-refractivity contribution < 1.29 is 5.11 Å². The molecule has 0 saturated carbocycles. The van der Waals surface area contributed by atoms with Gasteiger partial charge in [-0.1, -0.05) is 38.1 Å². The van der Waals surface area contributed by atoms with Crippen LogP contribution in [0.2, 0.25) is 0 Å². The Morgan fingerprint density at radius 3 is 2.83 bits per heavy atom. The molecule has 0 aromatic heterocycles. The van der Waals surface area contributed by atoms with Crippen LogP contribution < -0.4 is 0 Å². The topological polar surface area (TPSA) is 23.5 Å². The van der Waals surface area contributed by atoms with Gasteiger partial charge in [0.25, 0.3) is 0 Å². The summed E-state index contributed by atoms with van der Waals surface area (Å²) < 4.78 is 1.36. The third-order valence-electron chi connectivity index (χ3n) is 6.44. The summed E-state index contributed by atoms with van der Waals surface area (Å²) in [6, 6.07) is 15.3. The molecular weight excluding hydrogens is 409 g/mol. The van der Waals surface area contributed by atoms with Crippen LogP contribution in [0.4, 0.5) is 0 Å². The number of nitrogens with zero attached hydrogens (tertiary/aromatic N) is 1. The summed E-state index contributed by atoms with van der Waals surface area (Å²) in [7, 11) is 0. The van der Waals surface area contributed by atoms with E-state index in [1.54, 1.807) is 0 Å². The Balaban J connectivity index is 1.68. The van der Waals surface area contributed by atoms with E-state index in [9.17, 15) is 5.11 Å². The minimum Gasteiger partial charge on any atom is -0.508 e. The summed E-state index contributed by atoms with van der Waals surface area (Å²) in [5, 5.41) is 9.95. The molecule has 1 N–H and O–H groups in total. The predicted octanol–water partition coefficient (Wildman–Crippen LogP) is 4.72. The van der Waals surface area contributed by atoms with Crippen LogP contribution >= 0.6 is 22.6 Å². The molecule has 2 aliphatic rings. The van der Waals surface area contributed by atoms with Gasteiger partial charge in [-0.05, 0) is 88.2 Å². The maximum absolute atomic E-state index is 9.95. The van der Waals surface area contributed by atoms with E-state index in [4.69, 9.17) is 0 Å². The zero-order valence-electron chi connectivity index (χ0n) is 14.3. The normalized spacial score (nSPS) is 29.3. The van der Waals surface area contributed by atoms with Gasteiger partial charge in [0.2, 0.25) is 0 Å². The lowest BCUT2D eigenvalue weighted by Crippen LogP contribution is -2.57. The summed E-state index contributed by atoms with van der Waals surface area (Å²) in [6.45, 7) is 6.97. The number of piperidine rings is 1. The van der Waals surface area contributed by atoms with E-state index < -0.39 is 0 Å². The molecule has 1 aliphatic carbocycles. The second kappa shape index (κ2) is 6.03. The number of hydrogen-bond donors (Lipinski definition) is 1. The molecule has 2 aromatic carbocycles. The average molecular weight is 433 g/mol.